The lowest BCUT2D eigenvalue weighted by molar-refractivity contribution is -0.118. The van der Waals surface area contributed by atoms with E-state index in [4.69, 9.17) is 12.2 Å². The van der Waals surface area contributed by atoms with Crippen LogP contribution in [0, 0.1) is 0 Å². The second-order valence-electron chi connectivity index (χ2n) is 5.63. The molecule has 0 radical (unpaired) electrons. The number of benzene rings is 2. The molecule has 24 heavy (non-hydrogen) atoms. The first kappa shape index (κ1) is 16.2. The van der Waals surface area contributed by atoms with Crippen molar-refractivity contribution >= 4 is 40.2 Å². The number of carbonyl (C=O) groups is 1. The summed E-state index contributed by atoms with van der Waals surface area (Å²) in [5.74, 6) is 0.288. The number of hydrogen-bond donors (Lipinski definition) is 3. The van der Waals surface area contributed by atoms with Gasteiger partial charge in [-0.05, 0) is 55.0 Å². The summed E-state index contributed by atoms with van der Waals surface area (Å²) >= 11 is 5.31. The van der Waals surface area contributed by atoms with Gasteiger partial charge in [-0.2, -0.15) is 0 Å². The largest absolute Gasteiger partial charge is 0.359 e. The molecule has 1 aliphatic rings. The third-order valence-corrected chi connectivity index (χ3v) is 3.88. The summed E-state index contributed by atoms with van der Waals surface area (Å²) < 4.78 is 0. The summed E-state index contributed by atoms with van der Waals surface area (Å²) in [5.41, 5.74) is 3.79. The Bertz CT molecular complexity index is 754. The van der Waals surface area contributed by atoms with Crippen LogP contribution in [0.3, 0.4) is 0 Å². The maximum absolute atomic E-state index is 11.5. The average molecular weight is 337 g/mol. The van der Waals surface area contributed by atoms with Gasteiger partial charge < -0.3 is 16.0 Å². The molecule has 3 N–H and O–H groups in total. The zero-order valence-corrected chi connectivity index (χ0v) is 14.0. The fourth-order valence-corrected chi connectivity index (χ4v) is 2.75. The fraction of sp³-hybridized carbons (Fsp3) is 0.158. The third-order valence-electron chi connectivity index (χ3n) is 3.68. The van der Waals surface area contributed by atoms with Crippen LogP contribution >= 0.6 is 12.2 Å². The Balaban J connectivity index is 1.55. The molecule has 0 heterocycles. The van der Waals surface area contributed by atoms with Crippen LogP contribution in [0.1, 0.15) is 19.3 Å². The first-order valence-corrected chi connectivity index (χ1v) is 8.31. The van der Waals surface area contributed by atoms with Crippen LogP contribution in [-0.2, 0) is 4.79 Å². The van der Waals surface area contributed by atoms with Gasteiger partial charge in [0.2, 0.25) is 0 Å². The minimum Gasteiger partial charge on any atom is -0.359 e. The maximum atomic E-state index is 11.5. The van der Waals surface area contributed by atoms with E-state index in [2.05, 4.69) is 22.0 Å². The van der Waals surface area contributed by atoms with Crippen LogP contribution in [0.5, 0.6) is 0 Å². The number of thiocarbonyl (C=S) groups is 1. The van der Waals surface area contributed by atoms with Crippen molar-refractivity contribution in [2.45, 2.75) is 19.3 Å². The van der Waals surface area contributed by atoms with Gasteiger partial charge in [-0.15, -0.1) is 0 Å². The van der Waals surface area contributed by atoms with E-state index in [0.29, 0.717) is 18.0 Å². The summed E-state index contributed by atoms with van der Waals surface area (Å²) in [5, 5.41) is 10.1. The predicted molar refractivity (Wildman–Crippen MR) is 103 cm³/mol. The maximum Gasteiger partial charge on any atom is 0.175 e. The Morgan fingerprint density at radius 3 is 2.17 bits per heavy atom. The van der Waals surface area contributed by atoms with Gasteiger partial charge >= 0.3 is 0 Å². The molecule has 3 rings (SSSR count). The molecular formula is C19H19N3OS. The highest BCUT2D eigenvalue weighted by molar-refractivity contribution is 7.80. The standard InChI is InChI=1S/C19H19N3OS/c23-18-8-4-7-17(13-18)20-15-9-11-16(12-10-15)22-19(24)21-14-5-2-1-3-6-14/h1-3,5-7,9-12,20H,4,8,13H2,(H2,21,22,24). The summed E-state index contributed by atoms with van der Waals surface area (Å²) in [7, 11) is 0. The molecule has 0 saturated carbocycles. The van der Waals surface area contributed by atoms with Crippen molar-refractivity contribution in [2.24, 2.45) is 0 Å². The van der Waals surface area contributed by atoms with Crippen LogP contribution < -0.4 is 16.0 Å². The molecule has 0 atom stereocenters. The normalized spacial score (nSPS) is 13.8. The Hall–Kier alpha value is -2.66. The number of para-hydroxylation sites is 1. The topological polar surface area (TPSA) is 53.2 Å². The van der Waals surface area contributed by atoms with E-state index in [1.54, 1.807) is 0 Å². The van der Waals surface area contributed by atoms with E-state index in [-0.39, 0.29) is 5.78 Å². The summed E-state index contributed by atoms with van der Waals surface area (Å²) in [6.07, 6.45) is 4.05. The Morgan fingerprint density at radius 2 is 1.50 bits per heavy atom. The van der Waals surface area contributed by atoms with Gasteiger partial charge in [-0.1, -0.05) is 24.3 Å². The van der Waals surface area contributed by atoms with Gasteiger partial charge in [0, 0.05) is 35.6 Å². The zero-order chi connectivity index (χ0) is 16.8. The molecule has 2 aromatic carbocycles. The molecule has 0 spiro atoms. The van der Waals surface area contributed by atoms with Crippen molar-refractivity contribution in [3.8, 4) is 0 Å². The molecule has 5 heteroatoms. The van der Waals surface area contributed by atoms with Gasteiger partial charge in [0.25, 0.3) is 0 Å². The molecule has 2 aromatic rings. The zero-order valence-electron chi connectivity index (χ0n) is 13.2. The highest BCUT2D eigenvalue weighted by Crippen LogP contribution is 2.20. The monoisotopic (exact) mass is 337 g/mol. The fourth-order valence-electron chi connectivity index (χ4n) is 2.51. The van der Waals surface area contributed by atoms with Crippen LogP contribution in [0.15, 0.2) is 66.4 Å². The van der Waals surface area contributed by atoms with E-state index in [1.165, 1.54) is 0 Å². The summed E-state index contributed by atoms with van der Waals surface area (Å²) in [4.78, 5) is 11.5. The van der Waals surface area contributed by atoms with Crippen LogP contribution in [0.25, 0.3) is 0 Å². The Morgan fingerprint density at radius 1 is 0.875 bits per heavy atom. The lowest BCUT2D eigenvalue weighted by Crippen LogP contribution is -2.18. The lowest BCUT2D eigenvalue weighted by Gasteiger charge is -2.15. The Kier molecular flexibility index (Phi) is 5.23. The number of Topliss-reactive ketones (excluding diaryl/α,β-unsaturated/α-hetero) is 1. The van der Waals surface area contributed by atoms with Gasteiger partial charge in [-0.25, -0.2) is 0 Å². The Labute approximate surface area is 147 Å². The highest BCUT2D eigenvalue weighted by atomic mass is 32.1. The van der Waals surface area contributed by atoms with Crippen LogP contribution in [-0.4, -0.2) is 10.9 Å². The average Bonchev–Trinajstić information content (AvgIpc) is 2.57. The number of allylic oxidation sites excluding steroid dienone is 2. The molecule has 0 unspecified atom stereocenters. The second kappa shape index (κ2) is 7.75. The van der Waals surface area contributed by atoms with Gasteiger partial charge in [0.15, 0.2) is 5.11 Å². The molecular weight excluding hydrogens is 318 g/mol. The molecule has 1 aliphatic carbocycles. The van der Waals surface area contributed by atoms with Gasteiger partial charge in [0.05, 0.1) is 0 Å². The predicted octanol–water partition coefficient (Wildman–Crippen LogP) is 4.54. The molecule has 0 aliphatic heterocycles. The minimum atomic E-state index is 0.288. The van der Waals surface area contributed by atoms with Gasteiger partial charge in [0.1, 0.15) is 5.78 Å². The van der Waals surface area contributed by atoms with E-state index < -0.39 is 0 Å². The number of carbonyl (C=O) groups excluding carboxylic acids is 1. The van der Waals surface area contributed by atoms with Gasteiger partial charge in [-0.3, -0.25) is 4.79 Å². The summed E-state index contributed by atoms with van der Waals surface area (Å²) in [6, 6.07) is 17.6. The van der Waals surface area contributed by atoms with Crippen molar-refractivity contribution in [1.82, 2.24) is 0 Å². The molecule has 0 amide bonds. The van der Waals surface area contributed by atoms with E-state index >= 15 is 0 Å². The number of nitrogens with one attached hydrogen (secondary N) is 3. The molecule has 122 valence electrons. The van der Waals surface area contributed by atoms with Crippen molar-refractivity contribution in [3.05, 3.63) is 66.4 Å². The van der Waals surface area contributed by atoms with Crippen LogP contribution in [0.4, 0.5) is 17.1 Å². The van der Waals surface area contributed by atoms with Crippen molar-refractivity contribution in [3.63, 3.8) is 0 Å². The highest BCUT2D eigenvalue weighted by Gasteiger charge is 2.11. The lowest BCUT2D eigenvalue weighted by atomic mass is 10.0. The van der Waals surface area contributed by atoms with Crippen molar-refractivity contribution in [2.75, 3.05) is 16.0 Å². The third kappa shape index (κ3) is 4.67. The van der Waals surface area contributed by atoms with E-state index in [1.807, 2.05) is 54.6 Å². The number of hydrogen-bond acceptors (Lipinski definition) is 3. The first-order valence-electron chi connectivity index (χ1n) is 7.90. The number of anilines is 3. The minimum absolute atomic E-state index is 0.288. The van der Waals surface area contributed by atoms with Crippen molar-refractivity contribution < 1.29 is 4.79 Å². The van der Waals surface area contributed by atoms with Crippen LogP contribution in [0.2, 0.25) is 0 Å². The quantitative estimate of drug-likeness (QED) is 0.715. The molecule has 0 aromatic heterocycles. The summed E-state index contributed by atoms with van der Waals surface area (Å²) in [6.45, 7) is 0. The second-order valence-corrected chi connectivity index (χ2v) is 6.04. The smallest absolute Gasteiger partial charge is 0.175 e. The number of rotatable bonds is 4. The molecule has 0 saturated heterocycles. The molecule has 4 nitrogen and oxygen atoms in total. The molecule has 0 bridgehead atoms. The first-order chi connectivity index (χ1) is 11.7. The van der Waals surface area contributed by atoms with E-state index in [9.17, 15) is 4.79 Å². The van der Waals surface area contributed by atoms with Crippen molar-refractivity contribution in [1.29, 1.82) is 0 Å². The number of ketones is 1. The SMILES string of the molecule is O=C1CCC=C(Nc2ccc(NC(=S)Nc3ccccc3)cc2)C1. The molecule has 0 fully saturated rings. The van der Waals surface area contributed by atoms with E-state index in [0.717, 1.165) is 29.2 Å².